The zero-order valence-electron chi connectivity index (χ0n) is 15.6. The number of rotatable bonds is 4. The first-order chi connectivity index (χ1) is 12.7. The van der Waals surface area contributed by atoms with E-state index in [4.69, 9.17) is 21.1 Å². The molecule has 2 aromatic rings. The average Bonchev–Trinajstić information content (AvgIpc) is 2.59. The number of fused-ring (bicyclic) bond motifs is 1. The van der Waals surface area contributed by atoms with Crippen molar-refractivity contribution in [2.24, 2.45) is 0 Å². The Morgan fingerprint density at radius 1 is 1.22 bits per heavy atom. The highest BCUT2D eigenvalue weighted by atomic mass is 35.5. The minimum absolute atomic E-state index is 0.147. The van der Waals surface area contributed by atoms with Crippen molar-refractivity contribution in [3.8, 4) is 5.75 Å². The van der Waals surface area contributed by atoms with Crippen LogP contribution in [0.3, 0.4) is 0 Å². The van der Waals surface area contributed by atoms with Crippen LogP contribution in [-0.4, -0.2) is 22.8 Å². The summed E-state index contributed by atoms with van der Waals surface area (Å²) in [6.45, 7) is 5.39. The summed E-state index contributed by atoms with van der Waals surface area (Å²) < 4.78 is 11.5. The second-order valence-corrected chi connectivity index (χ2v) is 7.98. The van der Waals surface area contributed by atoms with Gasteiger partial charge in [0.2, 0.25) is 0 Å². The molecule has 2 aromatic carbocycles. The molecule has 142 valence electrons. The number of esters is 1. The molecular weight excluding hydrogens is 364 g/mol. The predicted molar refractivity (Wildman–Crippen MR) is 106 cm³/mol. The van der Waals surface area contributed by atoms with Crippen LogP contribution in [-0.2, 0) is 9.53 Å². The molecule has 0 spiro atoms. The number of aliphatic hydroxyl groups excluding tert-OH is 1. The van der Waals surface area contributed by atoms with E-state index in [0.717, 1.165) is 11.1 Å². The molecule has 0 aromatic heterocycles. The number of halogens is 1. The summed E-state index contributed by atoms with van der Waals surface area (Å²) in [4.78, 5) is 12.2. The standard InChI is InChI=1S/C22H23ClO4/c1-22(2,3)27-20(25)13-18(24)17-12-15-11-16(23)9-10-19(15)26-21(17)14-7-5-4-6-8-14/h4-12,18,21,24H,13H2,1-3H3/t18-,21+/m0/s1. The van der Waals surface area contributed by atoms with Crippen molar-refractivity contribution in [2.75, 3.05) is 0 Å². The molecule has 27 heavy (non-hydrogen) atoms. The van der Waals surface area contributed by atoms with Gasteiger partial charge in [0.15, 0.2) is 0 Å². The highest BCUT2D eigenvalue weighted by molar-refractivity contribution is 6.30. The van der Waals surface area contributed by atoms with Crippen molar-refractivity contribution in [1.82, 2.24) is 0 Å². The fourth-order valence-electron chi connectivity index (χ4n) is 3.01. The lowest BCUT2D eigenvalue weighted by Gasteiger charge is -2.30. The Hall–Kier alpha value is -2.30. The molecule has 1 aliphatic heterocycles. The van der Waals surface area contributed by atoms with E-state index in [9.17, 15) is 9.90 Å². The maximum Gasteiger partial charge on any atom is 0.309 e. The van der Waals surface area contributed by atoms with Crippen LogP contribution < -0.4 is 4.74 Å². The van der Waals surface area contributed by atoms with Gasteiger partial charge >= 0.3 is 5.97 Å². The molecule has 0 bridgehead atoms. The summed E-state index contributed by atoms with van der Waals surface area (Å²) in [5, 5.41) is 11.4. The number of benzene rings is 2. The number of hydrogen-bond acceptors (Lipinski definition) is 4. The first kappa shape index (κ1) is 19.5. The van der Waals surface area contributed by atoms with Crippen molar-refractivity contribution >= 4 is 23.6 Å². The van der Waals surface area contributed by atoms with Crippen LogP contribution in [0, 0.1) is 0 Å². The van der Waals surface area contributed by atoms with E-state index < -0.39 is 23.8 Å². The van der Waals surface area contributed by atoms with E-state index >= 15 is 0 Å². The highest BCUT2D eigenvalue weighted by Crippen LogP contribution is 2.40. The van der Waals surface area contributed by atoms with E-state index in [0.29, 0.717) is 16.3 Å². The molecule has 4 nitrogen and oxygen atoms in total. The highest BCUT2D eigenvalue weighted by Gasteiger charge is 2.31. The fourth-order valence-corrected chi connectivity index (χ4v) is 3.19. The Morgan fingerprint density at radius 3 is 2.59 bits per heavy atom. The Bertz CT molecular complexity index is 852. The van der Waals surface area contributed by atoms with Gasteiger partial charge < -0.3 is 14.6 Å². The van der Waals surface area contributed by atoms with Gasteiger partial charge in [-0.2, -0.15) is 0 Å². The molecule has 0 amide bonds. The molecule has 1 N–H and O–H groups in total. The van der Waals surface area contributed by atoms with Crippen LogP contribution in [0.25, 0.3) is 6.08 Å². The topological polar surface area (TPSA) is 55.8 Å². The molecule has 0 unspecified atom stereocenters. The van der Waals surface area contributed by atoms with Gasteiger partial charge in [0.25, 0.3) is 0 Å². The summed E-state index contributed by atoms with van der Waals surface area (Å²) in [6, 6.07) is 14.9. The minimum Gasteiger partial charge on any atom is -0.481 e. The molecule has 0 saturated heterocycles. The Morgan fingerprint density at radius 2 is 1.93 bits per heavy atom. The first-order valence-corrected chi connectivity index (χ1v) is 9.23. The monoisotopic (exact) mass is 386 g/mol. The number of hydrogen-bond donors (Lipinski definition) is 1. The van der Waals surface area contributed by atoms with Crippen molar-refractivity contribution in [1.29, 1.82) is 0 Å². The van der Waals surface area contributed by atoms with E-state index in [1.54, 1.807) is 39.0 Å². The molecule has 1 aliphatic rings. The van der Waals surface area contributed by atoms with Gasteiger partial charge in [-0.1, -0.05) is 41.9 Å². The van der Waals surface area contributed by atoms with E-state index in [2.05, 4.69) is 0 Å². The number of carbonyl (C=O) groups is 1. The van der Waals surface area contributed by atoms with Crippen LogP contribution in [0.2, 0.25) is 5.02 Å². The molecule has 1 heterocycles. The predicted octanol–water partition coefficient (Wildman–Crippen LogP) is 4.95. The third-order valence-corrected chi connectivity index (χ3v) is 4.34. The lowest BCUT2D eigenvalue weighted by Crippen LogP contribution is -2.29. The second-order valence-electron chi connectivity index (χ2n) is 7.54. The summed E-state index contributed by atoms with van der Waals surface area (Å²) in [5.41, 5.74) is 1.66. The molecule has 0 fully saturated rings. The normalized spacial score (nSPS) is 17.4. The maximum atomic E-state index is 12.2. The molecule has 3 rings (SSSR count). The molecule has 5 heteroatoms. The minimum atomic E-state index is -1.03. The van der Waals surface area contributed by atoms with Crippen LogP contribution >= 0.6 is 11.6 Å². The lowest BCUT2D eigenvalue weighted by atomic mass is 9.91. The van der Waals surface area contributed by atoms with Crippen molar-refractivity contribution in [2.45, 2.75) is 45.0 Å². The van der Waals surface area contributed by atoms with Gasteiger partial charge in [0, 0.05) is 16.2 Å². The van der Waals surface area contributed by atoms with Gasteiger partial charge in [-0.3, -0.25) is 4.79 Å². The molecule has 0 aliphatic carbocycles. The quantitative estimate of drug-likeness (QED) is 0.755. The lowest BCUT2D eigenvalue weighted by molar-refractivity contribution is -0.156. The van der Waals surface area contributed by atoms with Gasteiger partial charge in [-0.15, -0.1) is 0 Å². The van der Waals surface area contributed by atoms with Crippen LogP contribution in [0.1, 0.15) is 44.4 Å². The largest absolute Gasteiger partial charge is 0.481 e. The first-order valence-electron chi connectivity index (χ1n) is 8.85. The number of carbonyl (C=O) groups excluding carboxylic acids is 1. The van der Waals surface area contributed by atoms with Crippen LogP contribution in [0.15, 0.2) is 54.1 Å². The number of ether oxygens (including phenoxy) is 2. The zero-order chi connectivity index (χ0) is 19.6. The van der Waals surface area contributed by atoms with Gasteiger partial charge in [0.1, 0.15) is 17.5 Å². The third kappa shape index (κ3) is 4.90. The van der Waals surface area contributed by atoms with Gasteiger partial charge in [-0.25, -0.2) is 0 Å². The summed E-state index contributed by atoms with van der Waals surface area (Å²) >= 11 is 6.09. The third-order valence-electron chi connectivity index (χ3n) is 4.11. The zero-order valence-corrected chi connectivity index (χ0v) is 16.4. The molecular formula is C22H23ClO4. The Kier molecular flexibility index (Phi) is 5.59. The molecule has 2 atom stereocenters. The summed E-state index contributed by atoms with van der Waals surface area (Å²) in [6.07, 6.45) is 0.179. The smallest absolute Gasteiger partial charge is 0.309 e. The van der Waals surface area contributed by atoms with Gasteiger partial charge in [-0.05, 0) is 50.6 Å². The van der Waals surface area contributed by atoms with Crippen molar-refractivity contribution in [3.63, 3.8) is 0 Å². The molecule has 0 saturated carbocycles. The SMILES string of the molecule is CC(C)(C)OC(=O)C[C@H](O)C1=Cc2cc(Cl)ccc2O[C@@H]1c1ccccc1. The van der Waals surface area contributed by atoms with Crippen LogP contribution in [0.5, 0.6) is 5.75 Å². The second kappa shape index (κ2) is 7.75. The maximum absolute atomic E-state index is 12.2. The van der Waals surface area contributed by atoms with Crippen LogP contribution in [0.4, 0.5) is 0 Å². The van der Waals surface area contributed by atoms with Crippen molar-refractivity contribution in [3.05, 3.63) is 70.3 Å². The average molecular weight is 387 g/mol. The fraction of sp³-hybridized carbons (Fsp3) is 0.318. The Labute approximate surface area is 164 Å². The summed E-state index contributed by atoms with van der Waals surface area (Å²) in [5.74, 6) is 0.223. The number of aliphatic hydroxyl groups is 1. The summed E-state index contributed by atoms with van der Waals surface area (Å²) in [7, 11) is 0. The van der Waals surface area contributed by atoms with E-state index in [-0.39, 0.29) is 6.42 Å². The van der Waals surface area contributed by atoms with E-state index in [1.807, 2.05) is 36.4 Å². The van der Waals surface area contributed by atoms with E-state index in [1.165, 1.54) is 0 Å². The van der Waals surface area contributed by atoms with Gasteiger partial charge in [0.05, 0.1) is 12.5 Å². The molecule has 0 radical (unpaired) electrons. The Balaban J connectivity index is 1.93. The van der Waals surface area contributed by atoms with Crippen molar-refractivity contribution < 1.29 is 19.4 Å².